The number of benzene rings is 1. The molecule has 0 aliphatic heterocycles. The largest absolute Gasteiger partial charge is 0.497 e. The van der Waals surface area contributed by atoms with E-state index >= 15 is 0 Å². The second-order valence-corrected chi connectivity index (χ2v) is 5.90. The number of ether oxygens (including phenoxy) is 2. The Hall–Kier alpha value is -2.24. The van der Waals surface area contributed by atoms with Crippen LogP contribution in [0.3, 0.4) is 0 Å². The lowest BCUT2D eigenvalue weighted by Gasteiger charge is -2.33. The van der Waals surface area contributed by atoms with Crippen LogP contribution in [-0.2, 0) is 4.79 Å². The number of carboxylic acids is 1. The maximum atomic E-state index is 12.4. The Morgan fingerprint density at radius 2 is 1.87 bits per heavy atom. The van der Waals surface area contributed by atoms with Crippen molar-refractivity contribution in [2.45, 2.75) is 32.1 Å². The summed E-state index contributed by atoms with van der Waals surface area (Å²) in [5.74, 6) is -0.183. The highest BCUT2D eigenvalue weighted by atomic mass is 16.5. The third-order valence-electron chi connectivity index (χ3n) is 4.50. The highest BCUT2D eigenvalue weighted by molar-refractivity contribution is 5.97. The van der Waals surface area contributed by atoms with Crippen molar-refractivity contribution in [1.82, 2.24) is 5.32 Å². The van der Waals surface area contributed by atoms with Gasteiger partial charge < -0.3 is 19.9 Å². The number of aliphatic carboxylic acids is 1. The average molecular weight is 321 g/mol. The van der Waals surface area contributed by atoms with Crippen LogP contribution in [0.15, 0.2) is 18.2 Å². The van der Waals surface area contributed by atoms with Crippen molar-refractivity contribution in [3.63, 3.8) is 0 Å². The molecule has 1 fully saturated rings. The summed E-state index contributed by atoms with van der Waals surface area (Å²) in [5, 5.41) is 12.3. The van der Waals surface area contributed by atoms with Crippen LogP contribution in [0.4, 0.5) is 0 Å². The van der Waals surface area contributed by atoms with Gasteiger partial charge in [0, 0.05) is 12.6 Å². The molecule has 1 amide bonds. The van der Waals surface area contributed by atoms with Gasteiger partial charge in [-0.3, -0.25) is 9.59 Å². The number of hydrogen-bond acceptors (Lipinski definition) is 4. The molecule has 1 aromatic rings. The van der Waals surface area contributed by atoms with E-state index in [0.29, 0.717) is 29.9 Å². The monoisotopic (exact) mass is 321 g/mol. The molecule has 2 N–H and O–H groups in total. The van der Waals surface area contributed by atoms with Crippen LogP contribution in [-0.4, -0.2) is 37.7 Å². The van der Waals surface area contributed by atoms with Crippen molar-refractivity contribution < 1.29 is 24.2 Å². The predicted octanol–water partition coefficient (Wildman–Crippen LogP) is 2.47. The fourth-order valence-corrected chi connectivity index (χ4v) is 3.03. The molecule has 1 aliphatic carbocycles. The molecule has 0 aromatic heterocycles. The van der Waals surface area contributed by atoms with Crippen molar-refractivity contribution in [1.29, 1.82) is 0 Å². The third kappa shape index (κ3) is 3.75. The second-order valence-electron chi connectivity index (χ2n) is 5.90. The second kappa shape index (κ2) is 7.35. The molecule has 0 saturated heterocycles. The molecule has 126 valence electrons. The van der Waals surface area contributed by atoms with Gasteiger partial charge in [0.1, 0.15) is 11.5 Å². The third-order valence-corrected chi connectivity index (χ3v) is 4.50. The van der Waals surface area contributed by atoms with Gasteiger partial charge >= 0.3 is 5.97 Å². The number of carboxylic acid groups (broad SMARTS) is 1. The summed E-state index contributed by atoms with van der Waals surface area (Å²) >= 11 is 0. The first kappa shape index (κ1) is 17.1. The summed E-state index contributed by atoms with van der Waals surface area (Å²) in [6.45, 7) is 0.135. The first-order valence-electron chi connectivity index (χ1n) is 7.76. The molecule has 2 rings (SSSR count). The molecule has 0 heterocycles. The van der Waals surface area contributed by atoms with E-state index in [0.717, 1.165) is 19.3 Å². The zero-order chi connectivity index (χ0) is 16.9. The lowest BCUT2D eigenvalue weighted by molar-refractivity contribution is -0.150. The SMILES string of the molecule is COc1ccc(C(=O)NCC2(C(=O)O)CCCCC2)c(OC)c1. The van der Waals surface area contributed by atoms with Crippen molar-refractivity contribution >= 4 is 11.9 Å². The van der Waals surface area contributed by atoms with Crippen molar-refractivity contribution in [2.75, 3.05) is 20.8 Å². The minimum absolute atomic E-state index is 0.135. The van der Waals surface area contributed by atoms with Gasteiger partial charge in [-0.05, 0) is 25.0 Å². The Balaban J connectivity index is 2.11. The van der Waals surface area contributed by atoms with E-state index < -0.39 is 11.4 Å². The Kier molecular flexibility index (Phi) is 5.47. The first-order chi connectivity index (χ1) is 11.0. The summed E-state index contributed by atoms with van der Waals surface area (Å²) in [5.41, 5.74) is -0.488. The number of nitrogens with one attached hydrogen (secondary N) is 1. The Morgan fingerprint density at radius 1 is 1.17 bits per heavy atom. The molecule has 0 bridgehead atoms. The maximum Gasteiger partial charge on any atom is 0.311 e. The summed E-state index contributed by atoms with van der Waals surface area (Å²) in [7, 11) is 3.01. The maximum absolute atomic E-state index is 12.4. The lowest BCUT2D eigenvalue weighted by atomic mass is 9.74. The Labute approximate surface area is 135 Å². The van der Waals surface area contributed by atoms with Crippen molar-refractivity contribution in [3.05, 3.63) is 23.8 Å². The molecule has 6 heteroatoms. The Bertz CT molecular complexity index is 578. The highest BCUT2D eigenvalue weighted by Gasteiger charge is 2.39. The van der Waals surface area contributed by atoms with Crippen LogP contribution in [0.1, 0.15) is 42.5 Å². The number of hydrogen-bond donors (Lipinski definition) is 2. The van der Waals surface area contributed by atoms with E-state index in [4.69, 9.17) is 9.47 Å². The van der Waals surface area contributed by atoms with E-state index in [1.807, 2.05) is 0 Å². The summed E-state index contributed by atoms with van der Waals surface area (Å²) in [6.07, 6.45) is 4.02. The predicted molar refractivity (Wildman–Crippen MR) is 85.0 cm³/mol. The average Bonchev–Trinajstić information content (AvgIpc) is 2.59. The van der Waals surface area contributed by atoms with Crippen LogP contribution < -0.4 is 14.8 Å². The van der Waals surface area contributed by atoms with Gasteiger partial charge in [0.05, 0.1) is 25.2 Å². The summed E-state index contributed by atoms with van der Waals surface area (Å²) in [6, 6.07) is 4.91. The van der Waals surface area contributed by atoms with E-state index in [-0.39, 0.29) is 12.5 Å². The zero-order valence-corrected chi connectivity index (χ0v) is 13.6. The van der Waals surface area contributed by atoms with Crippen LogP contribution in [0.5, 0.6) is 11.5 Å². The molecule has 0 spiro atoms. The van der Waals surface area contributed by atoms with E-state index in [1.54, 1.807) is 18.2 Å². The first-order valence-corrected chi connectivity index (χ1v) is 7.76. The summed E-state index contributed by atoms with van der Waals surface area (Å²) in [4.78, 5) is 24.0. The molecule has 1 aliphatic rings. The molecule has 0 atom stereocenters. The number of amides is 1. The Morgan fingerprint density at radius 3 is 2.43 bits per heavy atom. The molecular formula is C17H23NO5. The minimum atomic E-state index is -0.854. The van der Waals surface area contributed by atoms with Crippen LogP contribution in [0.2, 0.25) is 0 Å². The number of carbonyl (C=O) groups is 2. The van der Waals surface area contributed by atoms with Crippen LogP contribution in [0.25, 0.3) is 0 Å². The molecule has 0 unspecified atom stereocenters. The lowest BCUT2D eigenvalue weighted by Crippen LogP contribution is -2.44. The molecule has 6 nitrogen and oxygen atoms in total. The van der Waals surface area contributed by atoms with Gasteiger partial charge in [0.2, 0.25) is 0 Å². The molecular weight excluding hydrogens is 298 g/mol. The van der Waals surface area contributed by atoms with E-state index in [2.05, 4.69) is 5.32 Å². The minimum Gasteiger partial charge on any atom is -0.497 e. The highest BCUT2D eigenvalue weighted by Crippen LogP contribution is 2.36. The zero-order valence-electron chi connectivity index (χ0n) is 13.6. The van der Waals surface area contributed by atoms with E-state index in [1.165, 1.54) is 14.2 Å². The van der Waals surface area contributed by atoms with Gasteiger partial charge in [-0.1, -0.05) is 19.3 Å². The number of carbonyl (C=O) groups excluding carboxylic acids is 1. The molecule has 1 aromatic carbocycles. The van der Waals surface area contributed by atoms with Crippen LogP contribution in [0, 0.1) is 5.41 Å². The molecule has 1 saturated carbocycles. The standard InChI is InChI=1S/C17H23NO5/c1-22-12-6-7-13(14(10-12)23-2)15(19)18-11-17(16(20)21)8-4-3-5-9-17/h6-7,10H,3-5,8-9,11H2,1-2H3,(H,18,19)(H,20,21). The quantitative estimate of drug-likeness (QED) is 0.841. The number of methoxy groups -OCH3 is 2. The topological polar surface area (TPSA) is 84.9 Å². The van der Waals surface area contributed by atoms with Crippen LogP contribution >= 0.6 is 0 Å². The normalized spacial score (nSPS) is 16.4. The van der Waals surface area contributed by atoms with Gasteiger partial charge in [-0.25, -0.2) is 0 Å². The van der Waals surface area contributed by atoms with Gasteiger partial charge in [-0.15, -0.1) is 0 Å². The fraction of sp³-hybridized carbons (Fsp3) is 0.529. The molecule has 0 radical (unpaired) electrons. The smallest absolute Gasteiger partial charge is 0.311 e. The fourth-order valence-electron chi connectivity index (χ4n) is 3.03. The van der Waals surface area contributed by atoms with Gasteiger partial charge in [0.25, 0.3) is 5.91 Å². The van der Waals surface area contributed by atoms with Crippen molar-refractivity contribution in [2.24, 2.45) is 5.41 Å². The summed E-state index contributed by atoms with van der Waals surface area (Å²) < 4.78 is 10.3. The van der Waals surface area contributed by atoms with E-state index in [9.17, 15) is 14.7 Å². The number of rotatable bonds is 6. The molecule has 23 heavy (non-hydrogen) atoms. The van der Waals surface area contributed by atoms with Crippen molar-refractivity contribution in [3.8, 4) is 11.5 Å². The van der Waals surface area contributed by atoms with Gasteiger partial charge in [-0.2, -0.15) is 0 Å². The van der Waals surface area contributed by atoms with Gasteiger partial charge in [0.15, 0.2) is 0 Å².